The van der Waals surface area contributed by atoms with Crippen LogP contribution in [0.3, 0.4) is 0 Å². The molecule has 0 heterocycles. The number of carbonyl (C=O) groups excluding carboxylic acids is 1. The number of sulfonamides is 1. The van der Waals surface area contributed by atoms with Crippen LogP contribution in [0.1, 0.15) is 5.56 Å². The van der Waals surface area contributed by atoms with Crippen molar-refractivity contribution in [2.75, 3.05) is 18.0 Å². The lowest BCUT2D eigenvalue weighted by atomic mass is 10.2. The molecule has 0 aliphatic rings. The lowest BCUT2D eigenvalue weighted by molar-refractivity contribution is -0.119. The van der Waals surface area contributed by atoms with Crippen LogP contribution in [0.25, 0.3) is 0 Å². The second-order valence-electron chi connectivity index (χ2n) is 6.40. The standard InChI is InChI=1S/C22H20ClNO5S/c1-16-7-6-8-18(13-16)29-15-22(25)24(17-11-12-21(28-2)20(23)14-17)30(26,27)19-9-4-3-5-10-19/h3-14H,15H2,1-2H3. The molecule has 0 aliphatic heterocycles. The summed E-state index contributed by atoms with van der Waals surface area (Å²) in [5.41, 5.74) is 1.04. The zero-order valence-electron chi connectivity index (χ0n) is 16.4. The van der Waals surface area contributed by atoms with E-state index in [4.69, 9.17) is 21.1 Å². The molecule has 30 heavy (non-hydrogen) atoms. The van der Waals surface area contributed by atoms with Gasteiger partial charge in [0.25, 0.3) is 15.9 Å². The minimum absolute atomic E-state index is 0.0270. The van der Waals surface area contributed by atoms with E-state index in [-0.39, 0.29) is 15.6 Å². The number of ether oxygens (including phenoxy) is 2. The van der Waals surface area contributed by atoms with Crippen LogP contribution in [0.15, 0.2) is 77.7 Å². The van der Waals surface area contributed by atoms with Gasteiger partial charge in [-0.1, -0.05) is 41.9 Å². The Bertz CT molecular complexity index is 1150. The second kappa shape index (κ2) is 9.19. The second-order valence-corrected chi connectivity index (χ2v) is 8.59. The number of nitrogens with zero attached hydrogens (tertiary/aromatic N) is 1. The van der Waals surface area contributed by atoms with Crippen LogP contribution in [0.2, 0.25) is 5.02 Å². The van der Waals surface area contributed by atoms with Crippen LogP contribution >= 0.6 is 11.6 Å². The van der Waals surface area contributed by atoms with Crippen molar-refractivity contribution in [2.45, 2.75) is 11.8 Å². The first-order valence-electron chi connectivity index (χ1n) is 8.99. The predicted octanol–water partition coefficient (Wildman–Crippen LogP) is 4.46. The lowest BCUT2D eigenvalue weighted by Gasteiger charge is -2.23. The molecule has 3 rings (SSSR count). The van der Waals surface area contributed by atoms with Crippen molar-refractivity contribution in [3.63, 3.8) is 0 Å². The molecule has 0 atom stereocenters. The minimum atomic E-state index is -4.20. The number of benzene rings is 3. The molecule has 8 heteroatoms. The van der Waals surface area contributed by atoms with E-state index < -0.39 is 22.5 Å². The van der Waals surface area contributed by atoms with E-state index in [1.165, 1.54) is 37.4 Å². The molecule has 0 spiro atoms. The zero-order chi connectivity index (χ0) is 21.7. The van der Waals surface area contributed by atoms with Gasteiger partial charge in [-0.2, -0.15) is 4.31 Å². The van der Waals surface area contributed by atoms with E-state index in [1.807, 2.05) is 13.0 Å². The van der Waals surface area contributed by atoms with Crippen molar-refractivity contribution in [1.29, 1.82) is 0 Å². The number of aryl methyl sites for hydroxylation is 1. The van der Waals surface area contributed by atoms with Gasteiger partial charge in [0.05, 0.1) is 22.7 Å². The van der Waals surface area contributed by atoms with Gasteiger partial charge >= 0.3 is 0 Å². The molecular weight excluding hydrogens is 426 g/mol. The molecule has 0 N–H and O–H groups in total. The maximum Gasteiger partial charge on any atom is 0.278 e. The van der Waals surface area contributed by atoms with Gasteiger partial charge in [-0.3, -0.25) is 4.79 Å². The summed E-state index contributed by atoms with van der Waals surface area (Å²) in [6.07, 6.45) is 0. The highest BCUT2D eigenvalue weighted by Crippen LogP contribution is 2.32. The summed E-state index contributed by atoms with van der Waals surface area (Å²) in [6, 6.07) is 19.1. The Morgan fingerprint density at radius 1 is 1.00 bits per heavy atom. The summed E-state index contributed by atoms with van der Waals surface area (Å²) >= 11 is 6.18. The van der Waals surface area contributed by atoms with Crippen molar-refractivity contribution in [3.05, 3.63) is 83.4 Å². The summed E-state index contributed by atoms with van der Waals surface area (Å²) in [5.74, 6) is 0.0655. The third kappa shape index (κ3) is 4.75. The van der Waals surface area contributed by atoms with Crippen LogP contribution < -0.4 is 13.8 Å². The molecule has 0 radical (unpaired) electrons. The Morgan fingerprint density at radius 3 is 2.37 bits per heavy atom. The van der Waals surface area contributed by atoms with Crippen molar-refractivity contribution in [1.82, 2.24) is 0 Å². The fourth-order valence-corrected chi connectivity index (χ4v) is 4.48. The first-order valence-corrected chi connectivity index (χ1v) is 10.8. The van der Waals surface area contributed by atoms with Crippen LogP contribution in [-0.2, 0) is 14.8 Å². The molecule has 0 aromatic heterocycles. The predicted molar refractivity (Wildman–Crippen MR) is 116 cm³/mol. The normalized spacial score (nSPS) is 11.0. The average molecular weight is 446 g/mol. The van der Waals surface area contributed by atoms with Crippen LogP contribution in [-0.4, -0.2) is 28.0 Å². The van der Waals surface area contributed by atoms with E-state index in [0.717, 1.165) is 5.56 Å². The number of anilines is 1. The van der Waals surface area contributed by atoms with Crippen LogP contribution in [0, 0.1) is 6.92 Å². The fourth-order valence-electron chi connectivity index (χ4n) is 2.81. The number of hydrogen-bond donors (Lipinski definition) is 0. The van der Waals surface area contributed by atoms with Gasteiger partial charge < -0.3 is 9.47 Å². The number of hydrogen-bond acceptors (Lipinski definition) is 5. The number of halogens is 1. The van der Waals surface area contributed by atoms with Gasteiger partial charge in [0.1, 0.15) is 11.5 Å². The Balaban J connectivity index is 1.99. The summed E-state index contributed by atoms with van der Waals surface area (Å²) < 4.78 is 37.9. The molecule has 0 saturated heterocycles. The van der Waals surface area contributed by atoms with Crippen LogP contribution in [0.4, 0.5) is 5.69 Å². The van der Waals surface area contributed by atoms with E-state index >= 15 is 0 Å². The maximum atomic E-state index is 13.3. The number of rotatable bonds is 7. The summed E-state index contributed by atoms with van der Waals surface area (Å²) in [6.45, 7) is 1.42. The molecule has 6 nitrogen and oxygen atoms in total. The molecule has 3 aromatic rings. The highest BCUT2D eigenvalue weighted by atomic mass is 35.5. The van der Waals surface area contributed by atoms with Gasteiger partial charge in [0.2, 0.25) is 0 Å². The van der Waals surface area contributed by atoms with Gasteiger partial charge in [-0.15, -0.1) is 0 Å². The maximum absolute atomic E-state index is 13.3. The van der Waals surface area contributed by atoms with Crippen molar-refractivity contribution in [3.8, 4) is 11.5 Å². The lowest BCUT2D eigenvalue weighted by Crippen LogP contribution is -2.40. The van der Waals surface area contributed by atoms with Crippen molar-refractivity contribution >= 4 is 33.2 Å². The van der Waals surface area contributed by atoms with E-state index in [1.54, 1.807) is 36.4 Å². The highest BCUT2D eigenvalue weighted by Gasteiger charge is 2.31. The van der Waals surface area contributed by atoms with Gasteiger partial charge in [0, 0.05) is 0 Å². The number of methoxy groups -OCH3 is 1. The molecule has 0 unspecified atom stereocenters. The Hall–Kier alpha value is -3.03. The zero-order valence-corrected chi connectivity index (χ0v) is 18.0. The van der Waals surface area contributed by atoms with Gasteiger partial charge in [-0.25, -0.2) is 8.42 Å². The molecule has 0 saturated carbocycles. The molecule has 0 bridgehead atoms. The quantitative estimate of drug-likeness (QED) is 0.537. The largest absolute Gasteiger partial charge is 0.495 e. The molecule has 0 aliphatic carbocycles. The minimum Gasteiger partial charge on any atom is -0.495 e. The Morgan fingerprint density at radius 2 is 1.73 bits per heavy atom. The van der Waals surface area contributed by atoms with Gasteiger partial charge in [-0.05, 0) is 55.0 Å². The average Bonchev–Trinajstić information content (AvgIpc) is 2.73. The monoisotopic (exact) mass is 445 g/mol. The number of carbonyl (C=O) groups is 1. The first-order chi connectivity index (χ1) is 14.3. The van der Waals surface area contributed by atoms with E-state index in [0.29, 0.717) is 15.8 Å². The topological polar surface area (TPSA) is 72.9 Å². The molecular formula is C22H20ClNO5S. The summed E-state index contributed by atoms with van der Waals surface area (Å²) in [4.78, 5) is 13.0. The smallest absolute Gasteiger partial charge is 0.278 e. The molecule has 3 aromatic carbocycles. The third-order valence-electron chi connectivity index (χ3n) is 4.23. The summed E-state index contributed by atoms with van der Waals surface area (Å²) in [7, 11) is -2.75. The van der Waals surface area contributed by atoms with Crippen molar-refractivity contribution < 1.29 is 22.7 Å². The van der Waals surface area contributed by atoms with Crippen LogP contribution in [0.5, 0.6) is 11.5 Å². The Labute approximate surface area is 180 Å². The third-order valence-corrected chi connectivity index (χ3v) is 6.29. The highest BCUT2D eigenvalue weighted by molar-refractivity contribution is 7.93. The Kier molecular flexibility index (Phi) is 6.64. The van der Waals surface area contributed by atoms with E-state index in [2.05, 4.69) is 0 Å². The number of amides is 1. The van der Waals surface area contributed by atoms with Crippen molar-refractivity contribution in [2.24, 2.45) is 0 Å². The first kappa shape index (κ1) is 21.7. The molecule has 0 fully saturated rings. The SMILES string of the molecule is COc1ccc(N(C(=O)COc2cccc(C)c2)S(=O)(=O)c2ccccc2)cc1Cl. The summed E-state index contributed by atoms with van der Waals surface area (Å²) in [5, 5.41) is 0.177. The molecule has 1 amide bonds. The van der Waals surface area contributed by atoms with Gasteiger partial charge in [0.15, 0.2) is 6.61 Å². The van der Waals surface area contributed by atoms with E-state index in [9.17, 15) is 13.2 Å². The molecule has 156 valence electrons. The fraction of sp³-hybridized carbons (Fsp3) is 0.136.